The van der Waals surface area contributed by atoms with Gasteiger partial charge in [0.05, 0.1) is 11.5 Å². The van der Waals surface area contributed by atoms with Crippen LogP contribution in [0.1, 0.15) is 24.2 Å². The zero-order valence-electron chi connectivity index (χ0n) is 15.3. The van der Waals surface area contributed by atoms with Crippen LogP contribution in [-0.2, 0) is 11.3 Å². The number of rotatable bonds is 6. The van der Waals surface area contributed by atoms with Gasteiger partial charge in [0.1, 0.15) is 28.8 Å². The molecule has 0 radical (unpaired) electrons. The molecule has 1 atom stereocenters. The monoisotopic (exact) mass is 440 g/mol. The lowest BCUT2D eigenvalue weighted by atomic mass is 10.2. The van der Waals surface area contributed by atoms with Gasteiger partial charge in [-0.15, -0.1) is 0 Å². The van der Waals surface area contributed by atoms with E-state index in [-0.39, 0.29) is 39.4 Å². The first-order chi connectivity index (χ1) is 13.7. The van der Waals surface area contributed by atoms with Crippen molar-refractivity contribution in [2.45, 2.75) is 26.4 Å². The smallest absolute Gasteiger partial charge is 0.306 e. The van der Waals surface area contributed by atoms with Crippen LogP contribution in [0.2, 0.25) is 10.0 Å². The molecule has 29 heavy (non-hydrogen) atoms. The van der Waals surface area contributed by atoms with Gasteiger partial charge in [-0.05, 0) is 26.0 Å². The molecule has 0 bridgehead atoms. The Morgan fingerprint density at radius 3 is 2.66 bits per heavy atom. The van der Waals surface area contributed by atoms with Gasteiger partial charge in [0.2, 0.25) is 5.91 Å². The molecule has 0 spiro atoms. The summed E-state index contributed by atoms with van der Waals surface area (Å²) in [5.41, 5.74) is 0.242. The molecule has 0 fully saturated rings. The van der Waals surface area contributed by atoms with Crippen molar-refractivity contribution < 1.29 is 14.1 Å². The van der Waals surface area contributed by atoms with Crippen molar-refractivity contribution in [3.05, 3.63) is 67.8 Å². The van der Waals surface area contributed by atoms with E-state index in [0.717, 1.165) is 0 Å². The SMILES string of the molecule is Cc1nn(C(C)C(=O)Nc2nn(Cc3c(F)cccc3Cl)cc2Cl)cc1[N+](=O)[O-]. The molecule has 152 valence electrons. The lowest BCUT2D eigenvalue weighted by Gasteiger charge is -2.11. The summed E-state index contributed by atoms with van der Waals surface area (Å²) in [6.07, 6.45) is 2.60. The number of nitrogens with one attached hydrogen (secondary N) is 1. The van der Waals surface area contributed by atoms with Gasteiger partial charge in [-0.2, -0.15) is 10.2 Å². The second-order valence-electron chi connectivity index (χ2n) is 6.23. The number of amides is 1. The summed E-state index contributed by atoms with van der Waals surface area (Å²) in [6.45, 7) is 3.02. The number of hydrogen-bond donors (Lipinski definition) is 1. The molecule has 0 saturated heterocycles. The van der Waals surface area contributed by atoms with Gasteiger partial charge in [-0.25, -0.2) is 4.39 Å². The highest BCUT2D eigenvalue weighted by atomic mass is 35.5. The highest BCUT2D eigenvalue weighted by Gasteiger charge is 2.23. The highest BCUT2D eigenvalue weighted by molar-refractivity contribution is 6.33. The predicted molar refractivity (Wildman–Crippen MR) is 105 cm³/mol. The third-order valence-electron chi connectivity index (χ3n) is 4.20. The zero-order chi connectivity index (χ0) is 21.3. The summed E-state index contributed by atoms with van der Waals surface area (Å²) < 4.78 is 16.5. The van der Waals surface area contributed by atoms with Crippen LogP contribution in [0.25, 0.3) is 0 Å². The van der Waals surface area contributed by atoms with Crippen LogP contribution in [0.4, 0.5) is 15.9 Å². The van der Waals surface area contributed by atoms with Gasteiger partial charge in [0, 0.05) is 16.8 Å². The molecule has 12 heteroatoms. The van der Waals surface area contributed by atoms with Crippen molar-refractivity contribution in [2.24, 2.45) is 0 Å². The molecule has 3 aromatic rings. The summed E-state index contributed by atoms with van der Waals surface area (Å²) in [5.74, 6) is -0.952. The first-order valence-corrected chi connectivity index (χ1v) is 9.09. The summed E-state index contributed by atoms with van der Waals surface area (Å²) in [7, 11) is 0. The molecule has 0 aliphatic heterocycles. The second-order valence-corrected chi connectivity index (χ2v) is 7.04. The van der Waals surface area contributed by atoms with Crippen LogP contribution in [0.15, 0.2) is 30.6 Å². The fraction of sp³-hybridized carbons (Fsp3) is 0.235. The van der Waals surface area contributed by atoms with Crippen molar-refractivity contribution in [3.63, 3.8) is 0 Å². The van der Waals surface area contributed by atoms with Gasteiger partial charge in [0.25, 0.3) is 0 Å². The Bertz CT molecular complexity index is 1080. The Morgan fingerprint density at radius 2 is 2.03 bits per heavy atom. The Labute approximate surface area is 174 Å². The zero-order valence-corrected chi connectivity index (χ0v) is 16.8. The highest BCUT2D eigenvalue weighted by Crippen LogP contribution is 2.25. The third-order valence-corrected chi connectivity index (χ3v) is 4.83. The third kappa shape index (κ3) is 4.38. The van der Waals surface area contributed by atoms with Crippen LogP contribution >= 0.6 is 23.2 Å². The number of nitrogens with zero attached hydrogens (tertiary/aromatic N) is 5. The summed E-state index contributed by atoms with van der Waals surface area (Å²) in [5, 5.41) is 22.0. The van der Waals surface area contributed by atoms with Gasteiger partial charge in [0.15, 0.2) is 5.82 Å². The maximum atomic E-state index is 14.0. The van der Waals surface area contributed by atoms with Crippen LogP contribution in [-0.4, -0.2) is 30.4 Å². The molecule has 1 N–H and O–H groups in total. The normalized spacial score (nSPS) is 12.0. The van der Waals surface area contributed by atoms with Gasteiger partial charge in [-0.1, -0.05) is 29.3 Å². The fourth-order valence-electron chi connectivity index (χ4n) is 2.60. The van der Waals surface area contributed by atoms with E-state index in [1.807, 2.05) is 0 Å². The van der Waals surface area contributed by atoms with E-state index in [1.54, 1.807) is 6.07 Å². The number of aryl methyl sites for hydroxylation is 1. The van der Waals surface area contributed by atoms with Crippen molar-refractivity contribution in [2.75, 3.05) is 5.32 Å². The van der Waals surface area contributed by atoms with E-state index >= 15 is 0 Å². The number of hydrogen-bond acceptors (Lipinski definition) is 5. The summed E-state index contributed by atoms with van der Waals surface area (Å²) >= 11 is 12.1. The second kappa shape index (κ2) is 8.18. The molecule has 2 aromatic heterocycles. The molecule has 0 saturated carbocycles. The number of benzene rings is 1. The average Bonchev–Trinajstić information content (AvgIpc) is 3.20. The lowest BCUT2D eigenvalue weighted by Crippen LogP contribution is -2.24. The van der Waals surface area contributed by atoms with E-state index in [0.29, 0.717) is 0 Å². The predicted octanol–water partition coefficient (Wildman–Crippen LogP) is 3.99. The van der Waals surface area contributed by atoms with Crippen molar-refractivity contribution >= 4 is 40.6 Å². The summed E-state index contributed by atoms with van der Waals surface area (Å²) in [6, 6.07) is 3.47. The van der Waals surface area contributed by atoms with E-state index in [2.05, 4.69) is 15.5 Å². The molecule has 0 aliphatic carbocycles. The quantitative estimate of drug-likeness (QED) is 0.460. The number of aromatic nitrogens is 4. The minimum Gasteiger partial charge on any atom is -0.306 e. The minimum atomic E-state index is -0.857. The first-order valence-electron chi connectivity index (χ1n) is 8.34. The van der Waals surface area contributed by atoms with Gasteiger partial charge in [-0.3, -0.25) is 24.3 Å². The molecule has 3 rings (SSSR count). The van der Waals surface area contributed by atoms with Crippen LogP contribution in [0.3, 0.4) is 0 Å². The number of anilines is 1. The van der Waals surface area contributed by atoms with Crippen molar-refractivity contribution in [1.82, 2.24) is 19.6 Å². The molecular weight excluding hydrogens is 426 g/mol. The molecule has 1 amide bonds. The molecular formula is C17H15Cl2FN6O3. The van der Waals surface area contributed by atoms with Crippen LogP contribution < -0.4 is 5.32 Å². The molecule has 1 aromatic carbocycles. The number of nitro groups is 1. The van der Waals surface area contributed by atoms with E-state index in [4.69, 9.17) is 23.2 Å². The lowest BCUT2D eigenvalue weighted by molar-refractivity contribution is -0.385. The number of carbonyl (C=O) groups is 1. The van der Waals surface area contributed by atoms with Gasteiger partial charge < -0.3 is 5.32 Å². The maximum absolute atomic E-state index is 14.0. The van der Waals surface area contributed by atoms with Crippen molar-refractivity contribution in [1.29, 1.82) is 0 Å². The Kier molecular flexibility index (Phi) is 5.85. The molecule has 2 heterocycles. The van der Waals surface area contributed by atoms with Gasteiger partial charge >= 0.3 is 5.69 Å². The summed E-state index contributed by atoms with van der Waals surface area (Å²) in [4.78, 5) is 22.9. The molecule has 0 aliphatic rings. The largest absolute Gasteiger partial charge is 0.309 e. The topological polar surface area (TPSA) is 108 Å². The standard InChI is InChI=1S/C17H15Cl2FN6O3/c1-9-15(26(28)29)8-25(22-9)10(2)17(27)21-16-13(19)7-24(23-16)6-11-12(18)4-3-5-14(11)20/h3-5,7-8,10H,6H2,1-2H3,(H,21,23,27). The van der Waals surface area contributed by atoms with Crippen molar-refractivity contribution in [3.8, 4) is 0 Å². The number of carbonyl (C=O) groups excluding carboxylic acids is 1. The first kappa shape index (κ1) is 20.7. The Balaban J connectivity index is 1.76. The Hall–Kier alpha value is -2.98. The maximum Gasteiger partial charge on any atom is 0.309 e. The molecule has 9 nitrogen and oxygen atoms in total. The minimum absolute atomic E-state index is 0.0151. The average molecular weight is 441 g/mol. The molecule has 1 unspecified atom stereocenters. The van der Waals surface area contributed by atoms with Crippen LogP contribution in [0.5, 0.6) is 0 Å². The van der Waals surface area contributed by atoms with E-state index in [9.17, 15) is 19.3 Å². The van der Waals surface area contributed by atoms with Crippen LogP contribution in [0, 0.1) is 22.9 Å². The number of halogens is 3. The van der Waals surface area contributed by atoms with E-state index in [1.165, 1.54) is 47.7 Å². The van der Waals surface area contributed by atoms with E-state index < -0.39 is 22.7 Å². The Morgan fingerprint density at radius 1 is 1.31 bits per heavy atom. The fourth-order valence-corrected chi connectivity index (χ4v) is 3.02.